The summed E-state index contributed by atoms with van der Waals surface area (Å²) in [5.74, 6) is 0.921. The summed E-state index contributed by atoms with van der Waals surface area (Å²) in [7, 11) is 0. The summed E-state index contributed by atoms with van der Waals surface area (Å²) in [6.07, 6.45) is 5.86. The molecule has 0 aliphatic carbocycles. The quantitative estimate of drug-likeness (QED) is 0.0800. The number of rotatable bonds is 11. The maximum absolute atomic E-state index is 12.2. The van der Waals surface area contributed by atoms with Crippen LogP contribution in [0.1, 0.15) is 118 Å². The van der Waals surface area contributed by atoms with Gasteiger partial charge in [0, 0.05) is 57.7 Å². The average molecular weight is 951 g/mol. The first-order chi connectivity index (χ1) is 25.5. The molecule has 6 aromatic rings. The second-order valence-electron chi connectivity index (χ2n) is 17.0. The summed E-state index contributed by atoms with van der Waals surface area (Å²) in [6, 6.07) is 26.2. The van der Waals surface area contributed by atoms with Crippen molar-refractivity contribution >= 4 is 59.5 Å². The van der Waals surface area contributed by atoms with Crippen molar-refractivity contribution in [1.29, 1.82) is 0 Å². The second kappa shape index (κ2) is 18.0. The minimum atomic E-state index is -0.337. The predicted octanol–water partition coefficient (Wildman–Crippen LogP) is 15.3. The Morgan fingerprint density at radius 2 is 1.49 bits per heavy atom. The molecule has 3 heterocycles. The summed E-state index contributed by atoms with van der Waals surface area (Å²) in [4.78, 5) is 18.7. The Morgan fingerprint density at radius 3 is 2.11 bits per heavy atom. The van der Waals surface area contributed by atoms with E-state index in [2.05, 4.69) is 114 Å². The van der Waals surface area contributed by atoms with Gasteiger partial charge in [-0.2, -0.15) is 0 Å². The van der Waals surface area contributed by atoms with E-state index in [0.717, 1.165) is 54.3 Å². The van der Waals surface area contributed by atoms with Gasteiger partial charge in [0.2, 0.25) is 0 Å². The van der Waals surface area contributed by atoms with Crippen molar-refractivity contribution < 1.29 is 30.0 Å². The van der Waals surface area contributed by atoms with Crippen molar-refractivity contribution in [3.63, 3.8) is 0 Å². The summed E-state index contributed by atoms with van der Waals surface area (Å²) >= 11 is 3.71. The molecular formula is C49H60IrNO2S2-. The van der Waals surface area contributed by atoms with Gasteiger partial charge in [0.05, 0.1) is 10.2 Å². The first-order valence-corrected chi connectivity index (χ1v) is 21.5. The van der Waals surface area contributed by atoms with E-state index in [-0.39, 0.29) is 47.9 Å². The van der Waals surface area contributed by atoms with Gasteiger partial charge in [0.1, 0.15) is 5.76 Å². The molecule has 3 nitrogen and oxygen atoms in total. The number of benzene rings is 3. The van der Waals surface area contributed by atoms with Crippen molar-refractivity contribution in [2.24, 2.45) is 16.7 Å². The molecule has 0 atom stereocenters. The van der Waals surface area contributed by atoms with Crippen molar-refractivity contribution in [2.75, 3.05) is 0 Å². The smallest absolute Gasteiger partial charge is 0.164 e. The summed E-state index contributed by atoms with van der Waals surface area (Å²) in [5.41, 5.74) is 7.91. The van der Waals surface area contributed by atoms with Crippen LogP contribution in [0.3, 0.4) is 0 Å². The third-order valence-corrected chi connectivity index (χ3v) is 13.7. The molecule has 1 N–H and O–H groups in total. The van der Waals surface area contributed by atoms with Crippen LogP contribution in [0.2, 0.25) is 0 Å². The molecule has 6 heteroatoms. The Hall–Kier alpha value is -3.15. The van der Waals surface area contributed by atoms with Crippen LogP contribution in [0.25, 0.3) is 53.5 Å². The molecule has 0 fully saturated rings. The summed E-state index contributed by atoms with van der Waals surface area (Å²) in [6.45, 7) is 25.7. The largest absolute Gasteiger partial charge is 0.512 e. The number of aliphatic hydroxyl groups excluding tert-OH is 1. The fourth-order valence-electron chi connectivity index (χ4n) is 7.11. The normalized spacial score (nSPS) is 12.6. The van der Waals surface area contributed by atoms with E-state index >= 15 is 0 Å². The second-order valence-corrected chi connectivity index (χ2v) is 19.2. The number of nitrogens with zero attached hydrogens (tertiary/aromatic N) is 1. The zero-order chi connectivity index (χ0) is 39.6. The van der Waals surface area contributed by atoms with Gasteiger partial charge >= 0.3 is 0 Å². The van der Waals surface area contributed by atoms with Crippen molar-refractivity contribution in [2.45, 2.75) is 121 Å². The summed E-state index contributed by atoms with van der Waals surface area (Å²) < 4.78 is 2.68. The van der Waals surface area contributed by atoms with Gasteiger partial charge in [-0.05, 0) is 84.6 Å². The Balaban J connectivity index is 0.000000320. The van der Waals surface area contributed by atoms with Gasteiger partial charge in [0.25, 0.3) is 0 Å². The monoisotopic (exact) mass is 951 g/mol. The maximum Gasteiger partial charge on any atom is 0.164 e. The average Bonchev–Trinajstić information content (AvgIpc) is 3.80. The van der Waals surface area contributed by atoms with Gasteiger partial charge in [-0.25, -0.2) is 0 Å². The van der Waals surface area contributed by atoms with Crippen LogP contribution < -0.4 is 0 Å². The van der Waals surface area contributed by atoms with E-state index in [9.17, 15) is 9.90 Å². The SMILES string of the molecule is CCC(C)(CC)C(=O)/C=C(\O)C(C)(CC)CC.Cc1cc2nc(-c3[c-]c4ccccc4c(C(C)(C)C)c3)cc(-c3ccc(CC(C)C)c4sccc34)c2s1.[Ir]. The molecule has 1 radical (unpaired) electrons. The van der Waals surface area contributed by atoms with Crippen molar-refractivity contribution in [1.82, 2.24) is 4.98 Å². The van der Waals surface area contributed by atoms with Gasteiger partial charge in [0.15, 0.2) is 5.78 Å². The third-order valence-electron chi connectivity index (χ3n) is 11.7. The number of aliphatic hydroxyl groups is 1. The molecule has 0 unspecified atom stereocenters. The number of allylic oxidation sites excluding steroid dienone is 2. The molecule has 3 aromatic heterocycles. The molecule has 55 heavy (non-hydrogen) atoms. The van der Waals surface area contributed by atoms with Crippen LogP contribution >= 0.6 is 22.7 Å². The number of hydrogen-bond donors (Lipinski definition) is 1. The van der Waals surface area contributed by atoms with E-state index in [1.165, 1.54) is 53.4 Å². The van der Waals surface area contributed by atoms with Crippen LogP contribution in [-0.2, 0) is 36.7 Å². The molecule has 0 saturated heterocycles. The minimum Gasteiger partial charge on any atom is -0.512 e. The first-order valence-electron chi connectivity index (χ1n) is 19.8. The zero-order valence-electron chi connectivity index (χ0n) is 35.0. The van der Waals surface area contributed by atoms with Gasteiger partial charge in [-0.1, -0.05) is 124 Å². The number of pyridine rings is 1. The molecule has 3 aromatic carbocycles. The number of carbonyl (C=O) groups is 1. The van der Waals surface area contributed by atoms with Crippen LogP contribution in [0.5, 0.6) is 0 Å². The predicted molar refractivity (Wildman–Crippen MR) is 237 cm³/mol. The Labute approximate surface area is 352 Å². The molecule has 0 spiro atoms. The molecule has 0 aliphatic rings. The third kappa shape index (κ3) is 9.53. The van der Waals surface area contributed by atoms with E-state index < -0.39 is 0 Å². The number of ketones is 1. The van der Waals surface area contributed by atoms with Crippen LogP contribution in [0.15, 0.2) is 77.9 Å². The van der Waals surface area contributed by atoms with E-state index in [1.54, 1.807) is 0 Å². The molecule has 0 amide bonds. The Morgan fingerprint density at radius 1 is 0.836 bits per heavy atom. The molecule has 0 bridgehead atoms. The maximum atomic E-state index is 12.2. The standard InChI is InChI=1S/C34H32NS2.C15H28O2.Ir/c1-20(2)15-23-11-12-26(27-13-14-36-32(23)27)28-19-30(35-31-16-21(3)37-33(28)31)24-17-22-9-7-8-10-25(22)29(18-24)34(4,5)6;1-7-14(5,8-2)12(16)11-13(17)15(6,9-3)10-4;/h7-14,16,18-20H,15H2,1-6H3;11,16H,7-10H2,1-6H3;/q-1;;/b;12-11-;. The molecule has 295 valence electrons. The molecular weight excluding hydrogens is 891 g/mol. The van der Waals surface area contributed by atoms with Gasteiger partial charge < -0.3 is 5.11 Å². The number of fused-ring (bicyclic) bond motifs is 3. The first kappa shape index (κ1) is 44.6. The molecule has 6 rings (SSSR count). The number of aryl methyl sites for hydroxylation is 1. The van der Waals surface area contributed by atoms with Gasteiger partial charge in [-0.3, -0.25) is 9.78 Å². The Bertz CT molecular complexity index is 2290. The van der Waals surface area contributed by atoms with Crippen molar-refractivity contribution in [3.05, 3.63) is 99.9 Å². The zero-order valence-corrected chi connectivity index (χ0v) is 39.0. The number of hydrogen-bond acceptors (Lipinski definition) is 5. The van der Waals surface area contributed by atoms with Crippen LogP contribution in [0, 0.1) is 29.7 Å². The van der Waals surface area contributed by atoms with E-state index in [0.29, 0.717) is 5.92 Å². The van der Waals surface area contributed by atoms with Crippen molar-refractivity contribution in [3.8, 4) is 22.4 Å². The number of thiophene rings is 2. The molecule has 0 saturated carbocycles. The van der Waals surface area contributed by atoms with E-state index in [1.807, 2.05) is 64.2 Å². The summed E-state index contributed by atoms with van der Waals surface area (Å²) in [5, 5.41) is 16.1. The fourth-order valence-corrected chi connectivity index (χ4v) is 9.03. The number of aromatic nitrogens is 1. The Kier molecular flexibility index (Phi) is 14.6. The fraction of sp³-hybridized carbons (Fsp3) is 0.429. The van der Waals surface area contributed by atoms with E-state index in [4.69, 9.17) is 4.98 Å². The minimum absolute atomic E-state index is 0. The van der Waals surface area contributed by atoms with Crippen LogP contribution in [0.4, 0.5) is 0 Å². The topological polar surface area (TPSA) is 50.2 Å². The molecule has 0 aliphatic heterocycles. The van der Waals surface area contributed by atoms with Crippen LogP contribution in [-0.4, -0.2) is 15.9 Å². The number of carbonyl (C=O) groups excluding carboxylic acids is 1. The van der Waals surface area contributed by atoms with Gasteiger partial charge in [-0.15, -0.1) is 51.8 Å².